The van der Waals surface area contributed by atoms with E-state index in [0.717, 1.165) is 17.7 Å². The van der Waals surface area contributed by atoms with Gasteiger partial charge in [0.15, 0.2) is 0 Å². The summed E-state index contributed by atoms with van der Waals surface area (Å²) in [6.45, 7) is 5.49. The fourth-order valence-electron chi connectivity index (χ4n) is 4.51. The van der Waals surface area contributed by atoms with E-state index in [1.54, 1.807) is 0 Å². The molecule has 0 saturated carbocycles. The van der Waals surface area contributed by atoms with Gasteiger partial charge < -0.3 is 20.3 Å². The third-order valence-electron chi connectivity index (χ3n) is 6.26. The molecule has 0 radical (unpaired) electrons. The summed E-state index contributed by atoms with van der Waals surface area (Å²) in [5.74, 6) is -3.09. The number of nitrogens with one attached hydrogen (secondary N) is 2. The molecule has 0 fully saturated rings. The topological polar surface area (TPSA) is 118 Å². The van der Waals surface area contributed by atoms with E-state index in [9.17, 15) is 24.3 Å². The Kier molecular flexibility index (Phi) is 6.10. The lowest BCUT2D eigenvalue weighted by molar-refractivity contribution is -0.144. The van der Waals surface area contributed by atoms with Gasteiger partial charge in [-0.05, 0) is 30.4 Å². The van der Waals surface area contributed by atoms with E-state index in [1.165, 1.54) is 6.92 Å². The maximum Gasteiger partial charge on any atom is 0.308 e. The second kappa shape index (κ2) is 8.39. The van der Waals surface area contributed by atoms with Crippen LogP contribution in [0, 0.1) is 11.8 Å². The highest BCUT2D eigenvalue weighted by Gasteiger charge is 2.42. The highest BCUT2D eigenvalue weighted by Crippen LogP contribution is 2.38. The van der Waals surface area contributed by atoms with E-state index in [-0.39, 0.29) is 36.5 Å². The summed E-state index contributed by atoms with van der Waals surface area (Å²) in [5.41, 5.74) is 1.87. The summed E-state index contributed by atoms with van der Waals surface area (Å²) in [6.07, 6.45) is 3.83. The van der Waals surface area contributed by atoms with Crippen LogP contribution in [0.15, 0.2) is 12.3 Å². The molecule has 29 heavy (non-hydrogen) atoms. The molecular weight excluding hydrogens is 374 g/mol. The highest BCUT2D eigenvalue weighted by molar-refractivity contribution is 5.92. The molecule has 3 unspecified atom stereocenters. The van der Waals surface area contributed by atoms with Crippen molar-refractivity contribution >= 4 is 23.6 Å². The van der Waals surface area contributed by atoms with Crippen LogP contribution in [0.4, 0.5) is 0 Å². The van der Waals surface area contributed by atoms with Gasteiger partial charge in [0, 0.05) is 37.8 Å². The maximum absolute atomic E-state index is 13.0. The van der Waals surface area contributed by atoms with Crippen LogP contribution in [0.1, 0.15) is 57.2 Å². The number of carboxylic acids is 1. The third kappa shape index (κ3) is 4.21. The molecule has 2 aliphatic rings. The average molecular weight is 403 g/mol. The molecule has 5 atom stereocenters. The Morgan fingerprint density at radius 3 is 2.69 bits per heavy atom. The number of Topliss-reactive ketones (excluding diaryl/α,β-unsaturated/α-hetero) is 1. The Morgan fingerprint density at radius 2 is 2.07 bits per heavy atom. The fraction of sp³-hybridized carbons (Fsp3) is 0.619. The van der Waals surface area contributed by atoms with Gasteiger partial charge in [0.1, 0.15) is 11.8 Å². The molecule has 0 spiro atoms. The minimum absolute atomic E-state index is 0.0476. The number of amides is 2. The zero-order valence-electron chi connectivity index (χ0n) is 17.1. The van der Waals surface area contributed by atoms with Gasteiger partial charge >= 0.3 is 5.97 Å². The van der Waals surface area contributed by atoms with Crippen LogP contribution in [0.5, 0.6) is 0 Å². The number of ketones is 1. The fourth-order valence-corrected chi connectivity index (χ4v) is 4.51. The summed E-state index contributed by atoms with van der Waals surface area (Å²) in [4.78, 5) is 49.2. The Hall–Kier alpha value is -2.64. The standard InChI is InChI=1S/C21H29N3O5/c1-4-11(2)18(22-12(3)25)20(27)23-15-6-5-13-7-8-24-10-14(21(28)29)9-16(26)17(15)19(13)24/h7-8,11,14-15,17-18H,4-6,9-10H2,1-3H3,(H,22,25)(H,23,27)(H,28,29)/t11?,14-,15-,17?,18?/m0/s1. The van der Waals surface area contributed by atoms with Gasteiger partial charge in [-0.1, -0.05) is 20.3 Å². The van der Waals surface area contributed by atoms with Crippen molar-refractivity contribution in [2.75, 3.05) is 0 Å². The van der Waals surface area contributed by atoms with Crippen LogP contribution >= 0.6 is 0 Å². The Labute approximate surface area is 170 Å². The molecule has 2 heterocycles. The van der Waals surface area contributed by atoms with Gasteiger partial charge in [-0.25, -0.2) is 0 Å². The van der Waals surface area contributed by atoms with Crippen molar-refractivity contribution in [2.45, 2.75) is 71.0 Å². The van der Waals surface area contributed by atoms with Gasteiger partial charge in [0.25, 0.3) is 0 Å². The van der Waals surface area contributed by atoms with Crippen LogP contribution in [0.3, 0.4) is 0 Å². The molecule has 3 N–H and O–H groups in total. The molecule has 1 aromatic rings. The molecule has 1 aliphatic heterocycles. The normalized spacial score (nSPS) is 25.3. The SMILES string of the molecule is CCC(C)C(NC(C)=O)C(=O)N[C@H]1CCc2ccn3c2C1C(=O)C[C@H](C(=O)O)C3. The van der Waals surface area contributed by atoms with Crippen LogP contribution in [-0.2, 0) is 32.1 Å². The Balaban J connectivity index is 1.87. The predicted molar refractivity (Wildman–Crippen MR) is 105 cm³/mol. The second-order valence-electron chi connectivity index (χ2n) is 8.28. The van der Waals surface area contributed by atoms with Gasteiger partial charge in [-0.15, -0.1) is 0 Å². The van der Waals surface area contributed by atoms with E-state index in [0.29, 0.717) is 12.8 Å². The van der Waals surface area contributed by atoms with Gasteiger partial charge in [-0.2, -0.15) is 0 Å². The van der Waals surface area contributed by atoms with E-state index in [4.69, 9.17) is 0 Å². The monoisotopic (exact) mass is 403 g/mol. The first-order valence-corrected chi connectivity index (χ1v) is 10.2. The van der Waals surface area contributed by atoms with Crippen molar-refractivity contribution < 1.29 is 24.3 Å². The van der Waals surface area contributed by atoms with Gasteiger partial charge in [-0.3, -0.25) is 19.2 Å². The number of nitrogens with zero attached hydrogens (tertiary/aromatic N) is 1. The first-order valence-electron chi connectivity index (χ1n) is 10.2. The lowest BCUT2D eigenvalue weighted by Crippen LogP contribution is -2.54. The summed E-state index contributed by atoms with van der Waals surface area (Å²) >= 11 is 0. The molecule has 8 heteroatoms. The number of hydrogen-bond acceptors (Lipinski definition) is 4. The van der Waals surface area contributed by atoms with Crippen molar-refractivity contribution in [2.24, 2.45) is 11.8 Å². The van der Waals surface area contributed by atoms with Crippen LogP contribution in [0.25, 0.3) is 0 Å². The number of carbonyl (C=O) groups excluding carboxylic acids is 3. The first-order chi connectivity index (χ1) is 13.7. The number of aromatic nitrogens is 1. The van der Waals surface area contributed by atoms with E-state index in [2.05, 4.69) is 10.6 Å². The van der Waals surface area contributed by atoms with Crippen molar-refractivity contribution in [3.63, 3.8) is 0 Å². The summed E-state index contributed by atoms with van der Waals surface area (Å²) in [6, 6.07) is 0.860. The summed E-state index contributed by atoms with van der Waals surface area (Å²) < 4.78 is 1.86. The molecule has 8 nitrogen and oxygen atoms in total. The minimum atomic E-state index is -0.984. The van der Waals surface area contributed by atoms with Gasteiger partial charge in [0.05, 0.1) is 11.8 Å². The average Bonchev–Trinajstić information content (AvgIpc) is 2.99. The smallest absolute Gasteiger partial charge is 0.308 e. The molecule has 3 rings (SSSR count). The zero-order chi connectivity index (χ0) is 21.3. The number of rotatable bonds is 6. The lowest BCUT2D eigenvalue weighted by atomic mass is 9.79. The molecule has 0 aromatic carbocycles. The number of aliphatic carboxylic acids is 1. The largest absolute Gasteiger partial charge is 0.481 e. The molecule has 2 amide bonds. The highest BCUT2D eigenvalue weighted by atomic mass is 16.4. The number of carboxylic acid groups (broad SMARTS) is 1. The van der Waals surface area contributed by atoms with Gasteiger partial charge in [0.2, 0.25) is 11.8 Å². The quantitative estimate of drug-likeness (QED) is 0.660. The molecular formula is C21H29N3O5. The van der Waals surface area contributed by atoms with Crippen LogP contribution in [-0.4, -0.2) is 45.3 Å². The van der Waals surface area contributed by atoms with Crippen molar-refractivity contribution in [1.29, 1.82) is 0 Å². The molecule has 158 valence electrons. The van der Waals surface area contributed by atoms with Crippen LogP contribution < -0.4 is 10.6 Å². The second-order valence-corrected chi connectivity index (χ2v) is 8.28. The summed E-state index contributed by atoms with van der Waals surface area (Å²) in [7, 11) is 0. The van der Waals surface area contributed by atoms with Crippen molar-refractivity contribution in [3.8, 4) is 0 Å². The number of aryl methyl sites for hydroxylation is 1. The molecule has 1 aliphatic carbocycles. The third-order valence-corrected chi connectivity index (χ3v) is 6.26. The Morgan fingerprint density at radius 1 is 1.34 bits per heavy atom. The number of carbonyl (C=O) groups is 4. The van der Waals surface area contributed by atoms with Crippen molar-refractivity contribution in [1.82, 2.24) is 15.2 Å². The number of hydrogen-bond donors (Lipinski definition) is 3. The minimum Gasteiger partial charge on any atom is -0.481 e. The van der Waals surface area contributed by atoms with E-state index >= 15 is 0 Å². The summed E-state index contributed by atoms with van der Waals surface area (Å²) in [5, 5.41) is 15.2. The maximum atomic E-state index is 13.0. The molecule has 1 aromatic heterocycles. The van der Waals surface area contributed by atoms with Crippen LogP contribution in [0.2, 0.25) is 0 Å². The Bertz CT molecular complexity index is 830. The molecule has 0 saturated heterocycles. The first kappa shape index (κ1) is 21.1. The predicted octanol–water partition coefficient (Wildman–Crippen LogP) is 1.23. The van der Waals surface area contributed by atoms with Crippen molar-refractivity contribution in [3.05, 3.63) is 23.5 Å². The lowest BCUT2D eigenvalue weighted by Gasteiger charge is -2.34. The molecule has 0 bridgehead atoms. The van der Waals surface area contributed by atoms with E-state index < -0.39 is 29.9 Å². The van der Waals surface area contributed by atoms with E-state index in [1.807, 2.05) is 30.7 Å². The zero-order valence-corrected chi connectivity index (χ0v) is 17.1.